The minimum Gasteiger partial charge on any atom is -0.394 e. The first-order valence-electron chi connectivity index (χ1n) is 7.05. The average molecular weight is 342 g/mol. The lowest BCUT2D eigenvalue weighted by atomic mass is 9.99. The van der Waals surface area contributed by atoms with Crippen LogP contribution < -0.4 is 0 Å². The van der Waals surface area contributed by atoms with Crippen molar-refractivity contribution < 1.29 is 55.1 Å². The molecule has 2 fully saturated rings. The van der Waals surface area contributed by atoms with Gasteiger partial charge in [-0.1, -0.05) is 0 Å². The van der Waals surface area contributed by atoms with Gasteiger partial charge in [0.25, 0.3) is 0 Å². The summed E-state index contributed by atoms with van der Waals surface area (Å²) in [5.41, 5.74) is 0. The Morgan fingerprint density at radius 1 is 0.783 bits per heavy atom. The molecule has 2 aliphatic rings. The van der Waals surface area contributed by atoms with Crippen LogP contribution >= 0.6 is 0 Å². The van der Waals surface area contributed by atoms with E-state index in [1.54, 1.807) is 0 Å². The molecule has 2 rings (SSSR count). The van der Waals surface area contributed by atoms with Crippen LogP contribution in [0.4, 0.5) is 0 Å². The molecule has 8 N–H and O–H groups in total. The van der Waals surface area contributed by atoms with Crippen LogP contribution in [0.15, 0.2) is 0 Å². The molecule has 0 spiro atoms. The second-order valence-corrected chi connectivity index (χ2v) is 5.56. The standard InChI is InChI=1S/C12H22O11/c13-1-4-6(16)8(18)9(19)11(21-4)23-12(3-15)10(20)7(17)5(2-14)22-12/h4-11,13-20H,1-3H2/t4-,5-,6-,7+,8-,9-,10+,11-,12-/m0/s1. The fourth-order valence-electron chi connectivity index (χ4n) is 2.63. The Morgan fingerprint density at radius 3 is 1.87 bits per heavy atom. The summed E-state index contributed by atoms with van der Waals surface area (Å²) in [4.78, 5) is 0. The van der Waals surface area contributed by atoms with Gasteiger partial charge in [-0.15, -0.1) is 0 Å². The van der Waals surface area contributed by atoms with Crippen molar-refractivity contribution in [2.45, 2.75) is 54.8 Å². The topological polar surface area (TPSA) is 190 Å². The summed E-state index contributed by atoms with van der Waals surface area (Å²) in [5, 5.41) is 76.7. The average Bonchev–Trinajstić information content (AvgIpc) is 2.80. The van der Waals surface area contributed by atoms with Gasteiger partial charge in [-0.05, 0) is 0 Å². The lowest BCUT2D eigenvalue weighted by Gasteiger charge is -2.43. The highest BCUT2D eigenvalue weighted by Gasteiger charge is 2.58. The zero-order chi connectivity index (χ0) is 17.4. The van der Waals surface area contributed by atoms with E-state index in [-0.39, 0.29) is 0 Å². The Morgan fingerprint density at radius 2 is 1.39 bits per heavy atom. The maximum absolute atomic E-state index is 10.00. The summed E-state index contributed by atoms with van der Waals surface area (Å²) in [5.74, 6) is -2.22. The van der Waals surface area contributed by atoms with E-state index in [4.69, 9.17) is 24.4 Å². The second-order valence-electron chi connectivity index (χ2n) is 5.56. The highest BCUT2D eigenvalue weighted by atomic mass is 16.8. The first-order valence-corrected chi connectivity index (χ1v) is 7.05. The van der Waals surface area contributed by atoms with Crippen LogP contribution in [0.2, 0.25) is 0 Å². The molecule has 0 amide bonds. The smallest absolute Gasteiger partial charge is 0.224 e. The maximum atomic E-state index is 10.00. The van der Waals surface area contributed by atoms with Crippen LogP contribution in [0.3, 0.4) is 0 Å². The lowest BCUT2D eigenvalue weighted by Crippen LogP contribution is -2.62. The Kier molecular flexibility index (Phi) is 5.92. The highest BCUT2D eigenvalue weighted by Crippen LogP contribution is 2.35. The molecule has 0 aliphatic carbocycles. The molecular weight excluding hydrogens is 320 g/mol. The molecule has 9 atom stereocenters. The van der Waals surface area contributed by atoms with E-state index in [2.05, 4.69) is 0 Å². The Labute approximate surface area is 130 Å². The molecule has 11 nitrogen and oxygen atoms in total. The number of hydrogen-bond acceptors (Lipinski definition) is 11. The molecule has 0 aromatic rings. The van der Waals surface area contributed by atoms with Crippen LogP contribution in [-0.2, 0) is 14.2 Å². The molecule has 2 saturated heterocycles. The van der Waals surface area contributed by atoms with Crippen molar-refractivity contribution >= 4 is 0 Å². The zero-order valence-corrected chi connectivity index (χ0v) is 12.0. The second kappa shape index (κ2) is 7.21. The molecule has 23 heavy (non-hydrogen) atoms. The monoisotopic (exact) mass is 342 g/mol. The molecule has 0 aromatic carbocycles. The normalized spacial score (nSPS) is 51.1. The van der Waals surface area contributed by atoms with E-state index in [0.717, 1.165) is 0 Å². The first kappa shape index (κ1) is 18.9. The van der Waals surface area contributed by atoms with Gasteiger partial charge in [0, 0.05) is 0 Å². The fourth-order valence-corrected chi connectivity index (χ4v) is 2.63. The Hall–Kier alpha value is -0.440. The third-order valence-electron chi connectivity index (χ3n) is 4.07. The molecule has 11 heteroatoms. The van der Waals surface area contributed by atoms with Gasteiger partial charge >= 0.3 is 0 Å². The largest absolute Gasteiger partial charge is 0.394 e. The number of aliphatic hydroxyl groups excluding tert-OH is 8. The van der Waals surface area contributed by atoms with Gasteiger partial charge in [0.1, 0.15) is 49.3 Å². The van der Waals surface area contributed by atoms with Crippen LogP contribution in [0.25, 0.3) is 0 Å². The van der Waals surface area contributed by atoms with E-state index < -0.39 is 74.6 Å². The minimum atomic E-state index is -2.22. The van der Waals surface area contributed by atoms with Gasteiger partial charge in [0.2, 0.25) is 5.79 Å². The van der Waals surface area contributed by atoms with E-state index in [9.17, 15) is 30.6 Å². The molecule has 2 heterocycles. The molecule has 2 aliphatic heterocycles. The summed E-state index contributed by atoms with van der Waals surface area (Å²) in [6.45, 7) is -2.32. The SMILES string of the molecule is OC[C@@H]1O[C@@H](O[C@]2(CO)O[C@@H](CO)[C@@H](O)[C@H]2O)[C@@H](O)[C@@H](O)[C@H]1O. The molecule has 0 bridgehead atoms. The van der Waals surface area contributed by atoms with E-state index in [1.807, 2.05) is 0 Å². The molecular formula is C12H22O11. The number of ether oxygens (including phenoxy) is 3. The number of aliphatic hydroxyl groups is 8. The van der Waals surface area contributed by atoms with Crippen LogP contribution in [0.1, 0.15) is 0 Å². The van der Waals surface area contributed by atoms with Crippen molar-refractivity contribution in [1.29, 1.82) is 0 Å². The van der Waals surface area contributed by atoms with Crippen molar-refractivity contribution in [2.75, 3.05) is 19.8 Å². The molecule has 136 valence electrons. The molecule has 0 unspecified atom stereocenters. The molecule has 0 aromatic heterocycles. The summed E-state index contributed by atoms with van der Waals surface area (Å²) in [6, 6.07) is 0. The van der Waals surface area contributed by atoms with Crippen molar-refractivity contribution in [1.82, 2.24) is 0 Å². The number of rotatable bonds is 5. The predicted molar refractivity (Wildman–Crippen MR) is 68.6 cm³/mol. The van der Waals surface area contributed by atoms with Crippen LogP contribution in [-0.4, -0.2) is 115 Å². The van der Waals surface area contributed by atoms with Gasteiger partial charge in [-0.25, -0.2) is 0 Å². The highest BCUT2D eigenvalue weighted by molar-refractivity contribution is 4.98. The Balaban J connectivity index is 2.18. The molecule has 0 saturated carbocycles. The van der Waals surface area contributed by atoms with Crippen LogP contribution in [0, 0.1) is 0 Å². The predicted octanol–water partition coefficient (Wildman–Crippen LogP) is -5.40. The molecule has 0 radical (unpaired) electrons. The summed E-state index contributed by atoms with van der Waals surface area (Å²) in [6.07, 6.45) is -12.7. The van der Waals surface area contributed by atoms with Crippen LogP contribution in [0.5, 0.6) is 0 Å². The van der Waals surface area contributed by atoms with Crippen molar-refractivity contribution in [2.24, 2.45) is 0 Å². The summed E-state index contributed by atoms with van der Waals surface area (Å²) >= 11 is 0. The fraction of sp³-hybridized carbons (Fsp3) is 1.00. The lowest BCUT2D eigenvalue weighted by molar-refractivity contribution is -0.383. The van der Waals surface area contributed by atoms with Crippen molar-refractivity contribution in [3.63, 3.8) is 0 Å². The number of hydrogen-bond donors (Lipinski definition) is 8. The van der Waals surface area contributed by atoms with E-state index in [0.29, 0.717) is 0 Å². The minimum absolute atomic E-state index is 0.669. The quantitative estimate of drug-likeness (QED) is 0.238. The van der Waals surface area contributed by atoms with Crippen molar-refractivity contribution in [3.05, 3.63) is 0 Å². The van der Waals surface area contributed by atoms with E-state index >= 15 is 0 Å². The third-order valence-corrected chi connectivity index (χ3v) is 4.07. The zero-order valence-electron chi connectivity index (χ0n) is 12.0. The third kappa shape index (κ3) is 3.23. The van der Waals surface area contributed by atoms with Gasteiger partial charge in [0.15, 0.2) is 6.29 Å². The maximum Gasteiger partial charge on any atom is 0.224 e. The van der Waals surface area contributed by atoms with Gasteiger partial charge < -0.3 is 55.1 Å². The van der Waals surface area contributed by atoms with Gasteiger partial charge in [-0.3, -0.25) is 0 Å². The summed E-state index contributed by atoms with van der Waals surface area (Å²) < 4.78 is 15.4. The summed E-state index contributed by atoms with van der Waals surface area (Å²) in [7, 11) is 0. The van der Waals surface area contributed by atoms with Gasteiger partial charge in [0.05, 0.1) is 13.2 Å². The first-order chi connectivity index (χ1) is 10.8. The van der Waals surface area contributed by atoms with Crippen molar-refractivity contribution in [3.8, 4) is 0 Å². The van der Waals surface area contributed by atoms with E-state index in [1.165, 1.54) is 0 Å². The Bertz CT molecular complexity index is 393. The van der Waals surface area contributed by atoms with Gasteiger partial charge in [-0.2, -0.15) is 0 Å².